The average molecular weight is 475 g/mol. The molecule has 0 radical (unpaired) electrons. The minimum absolute atomic E-state index is 0.000212. The Kier molecular flexibility index (Phi) is 8.40. The van der Waals surface area contributed by atoms with E-state index in [0.717, 1.165) is 75.7 Å². The van der Waals surface area contributed by atoms with Crippen LogP contribution in [0.15, 0.2) is 28.9 Å². The summed E-state index contributed by atoms with van der Waals surface area (Å²) in [7, 11) is 0. The highest BCUT2D eigenvalue weighted by atomic mass is 16.3. The van der Waals surface area contributed by atoms with Crippen molar-refractivity contribution in [2.45, 2.75) is 90.0 Å². The Hall–Kier alpha value is -2.92. The molecule has 0 saturated carbocycles. The summed E-state index contributed by atoms with van der Waals surface area (Å²) in [5.41, 5.74) is -0.0472. The summed E-state index contributed by atoms with van der Waals surface area (Å²) >= 11 is 0. The number of amides is 2. The molecule has 0 aromatic carbocycles. The van der Waals surface area contributed by atoms with Gasteiger partial charge in [-0.15, -0.1) is 23.7 Å². The van der Waals surface area contributed by atoms with Gasteiger partial charge >= 0.3 is 0 Å². The van der Waals surface area contributed by atoms with E-state index in [4.69, 9.17) is 4.42 Å². The fourth-order valence-electron chi connectivity index (χ4n) is 6.03. The van der Waals surface area contributed by atoms with Crippen LogP contribution in [0.25, 0.3) is 0 Å². The Balaban J connectivity index is 1.62. The van der Waals surface area contributed by atoms with Gasteiger partial charge in [0, 0.05) is 44.8 Å². The minimum Gasteiger partial charge on any atom is -0.469 e. The Morgan fingerprint density at radius 3 is 2.71 bits per heavy atom. The largest absolute Gasteiger partial charge is 0.469 e. The van der Waals surface area contributed by atoms with E-state index in [2.05, 4.69) is 41.9 Å². The molecule has 186 valence electrons. The Bertz CT molecular complexity index is 1060. The summed E-state index contributed by atoms with van der Waals surface area (Å²) in [6, 6.07) is 2.06. The highest BCUT2D eigenvalue weighted by Crippen LogP contribution is 2.53. The zero-order chi connectivity index (χ0) is 24.7. The smallest absolute Gasteiger partial charge is 0.239 e. The van der Waals surface area contributed by atoms with E-state index in [9.17, 15) is 9.59 Å². The minimum atomic E-state index is -1.04. The third kappa shape index (κ3) is 5.20. The zero-order valence-corrected chi connectivity index (χ0v) is 21.3. The molecule has 3 atom stereocenters. The molecule has 2 amide bonds. The lowest BCUT2D eigenvalue weighted by Gasteiger charge is -2.43. The van der Waals surface area contributed by atoms with Gasteiger partial charge in [0.2, 0.25) is 11.8 Å². The first-order chi connectivity index (χ1) is 17.1. The van der Waals surface area contributed by atoms with Crippen molar-refractivity contribution in [3.05, 3.63) is 35.8 Å². The first kappa shape index (κ1) is 25.2. The Morgan fingerprint density at radius 2 is 1.89 bits per heavy atom. The van der Waals surface area contributed by atoms with Crippen LogP contribution in [0.1, 0.15) is 88.9 Å². The number of hydrogen-bond donors (Lipinski definition) is 0. The molecule has 4 rings (SSSR count). The Morgan fingerprint density at radius 1 is 1.06 bits per heavy atom. The summed E-state index contributed by atoms with van der Waals surface area (Å²) < 4.78 is 5.88. The van der Waals surface area contributed by atoms with Crippen LogP contribution in [-0.2, 0) is 16.0 Å². The predicted molar refractivity (Wildman–Crippen MR) is 137 cm³/mol. The number of nitrogens with zero attached hydrogens (tertiary/aromatic N) is 2. The molecule has 0 N–H and O–H groups in total. The fourth-order valence-corrected chi connectivity index (χ4v) is 6.03. The molecule has 2 saturated heterocycles. The number of hydrogen-bond acceptors (Lipinski definition) is 3. The SMILES string of the molecule is CC#CCCCCN1CC[C@H](c2coc(CCC#CC)c2)[C@]2(C[C@@H]3/C=C\CCCCN3C2=O)C1=O. The van der Waals surface area contributed by atoms with Crippen molar-refractivity contribution in [1.29, 1.82) is 0 Å². The second-order valence-corrected chi connectivity index (χ2v) is 9.96. The average Bonchev–Trinajstić information content (AvgIpc) is 3.40. The normalized spacial score (nSPS) is 26.9. The monoisotopic (exact) mass is 474 g/mol. The van der Waals surface area contributed by atoms with E-state index < -0.39 is 5.41 Å². The predicted octanol–water partition coefficient (Wildman–Crippen LogP) is 5.07. The summed E-state index contributed by atoms with van der Waals surface area (Å²) in [6.45, 7) is 5.81. The molecule has 0 aliphatic carbocycles. The second kappa shape index (κ2) is 11.7. The van der Waals surface area contributed by atoms with Crippen molar-refractivity contribution in [3.8, 4) is 23.7 Å². The molecule has 1 aromatic heterocycles. The topological polar surface area (TPSA) is 53.8 Å². The molecule has 1 aromatic rings. The van der Waals surface area contributed by atoms with Crippen LogP contribution in [-0.4, -0.2) is 47.3 Å². The van der Waals surface area contributed by atoms with Gasteiger partial charge in [-0.1, -0.05) is 12.2 Å². The fraction of sp³-hybridized carbons (Fsp3) is 0.600. The number of piperidine rings is 1. The zero-order valence-electron chi connectivity index (χ0n) is 21.3. The van der Waals surface area contributed by atoms with Crippen LogP contribution < -0.4 is 0 Å². The van der Waals surface area contributed by atoms with E-state index in [0.29, 0.717) is 19.5 Å². The molecule has 1 spiro atoms. The van der Waals surface area contributed by atoms with Gasteiger partial charge in [-0.3, -0.25) is 9.59 Å². The number of furan rings is 1. The van der Waals surface area contributed by atoms with E-state index in [1.807, 2.05) is 23.6 Å². The van der Waals surface area contributed by atoms with Gasteiger partial charge in [0.05, 0.1) is 12.3 Å². The Labute approximate surface area is 210 Å². The molecule has 2 fully saturated rings. The van der Waals surface area contributed by atoms with E-state index >= 15 is 0 Å². The molecule has 4 heterocycles. The number of rotatable bonds is 7. The maximum atomic E-state index is 14.2. The molecule has 3 aliphatic heterocycles. The van der Waals surface area contributed by atoms with E-state index in [1.165, 1.54) is 0 Å². The van der Waals surface area contributed by atoms with Gasteiger partial charge in [0.1, 0.15) is 11.2 Å². The highest BCUT2D eigenvalue weighted by Gasteiger charge is 2.63. The van der Waals surface area contributed by atoms with Crippen LogP contribution in [0.4, 0.5) is 0 Å². The van der Waals surface area contributed by atoms with Gasteiger partial charge in [0.15, 0.2) is 0 Å². The lowest BCUT2D eigenvalue weighted by Crippen LogP contribution is -2.56. The molecular formula is C30H38N2O3. The second-order valence-electron chi connectivity index (χ2n) is 9.96. The number of unbranched alkanes of at least 4 members (excludes halogenated alkanes) is 2. The van der Waals surface area contributed by atoms with Crippen LogP contribution >= 0.6 is 0 Å². The summed E-state index contributed by atoms with van der Waals surface area (Å²) in [5, 5.41) is 0. The quantitative estimate of drug-likeness (QED) is 0.240. The number of carbonyl (C=O) groups is 2. The lowest BCUT2D eigenvalue weighted by atomic mass is 9.65. The van der Waals surface area contributed by atoms with Crippen LogP contribution in [0.5, 0.6) is 0 Å². The van der Waals surface area contributed by atoms with Crippen LogP contribution in [0.2, 0.25) is 0 Å². The number of aryl methyl sites for hydroxylation is 1. The lowest BCUT2D eigenvalue weighted by molar-refractivity contribution is -0.157. The van der Waals surface area contributed by atoms with Crippen molar-refractivity contribution >= 4 is 11.8 Å². The number of fused-ring (bicyclic) bond motifs is 1. The standard InChI is InChI=1S/C30H38N2O3/c1-3-5-7-9-13-18-31-20-17-27(24-21-26(35-23-24)16-11-6-4-2)30(28(31)33)22-25-15-12-8-10-14-19-32(25)29(30)34/h12,15,21,23,25,27H,7-11,13-14,16-20,22H2,1-2H3/b15-12-/t25-,27+,30+/m0/s1. The summed E-state index contributed by atoms with van der Waals surface area (Å²) in [4.78, 5) is 32.2. The number of carbonyl (C=O) groups excluding carboxylic acids is 2. The van der Waals surface area contributed by atoms with Crippen LogP contribution in [0.3, 0.4) is 0 Å². The van der Waals surface area contributed by atoms with Crippen molar-refractivity contribution in [2.75, 3.05) is 19.6 Å². The van der Waals surface area contributed by atoms with Crippen molar-refractivity contribution < 1.29 is 14.0 Å². The van der Waals surface area contributed by atoms with Gasteiger partial charge in [0.25, 0.3) is 0 Å². The highest BCUT2D eigenvalue weighted by molar-refractivity contribution is 6.08. The number of likely N-dealkylation sites (tertiary alicyclic amines) is 1. The molecule has 0 unspecified atom stereocenters. The maximum Gasteiger partial charge on any atom is 0.239 e. The van der Waals surface area contributed by atoms with Gasteiger partial charge < -0.3 is 14.2 Å². The molecule has 5 nitrogen and oxygen atoms in total. The molecule has 3 aliphatic rings. The summed E-state index contributed by atoms with van der Waals surface area (Å²) in [5.74, 6) is 12.8. The molecule has 5 heteroatoms. The van der Waals surface area contributed by atoms with Gasteiger partial charge in [-0.2, -0.15) is 0 Å². The van der Waals surface area contributed by atoms with Crippen molar-refractivity contribution in [1.82, 2.24) is 9.80 Å². The summed E-state index contributed by atoms with van der Waals surface area (Å²) in [6.07, 6.45) is 14.8. The van der Waals surface area contributed by atoms with E-state index in [-0.39, 0.29) is 23.8 Å². The molecule has 35 heavy (non-hydrogen) atoms. The van der Waals surface area contributed by atoms with Gasteiger partial charge in [-0.25, -0.2) is 0 Å². The third-order valence-electron chi connectivity index (χ3n) is 7.81. The molecule has 0 bridgehead atoms. The third-order valence-corrected chi connectivity index (χ3v) is 7.81. The van der Waals surface area contributed by atoms with Crippen LogP contribution in [0, 0.1) is 29.1 Å². The first-order valence-corrected chi connectivity index (χ1v) is 13.3. The molecular weight excluding hydrogens is 436 g/mol. The first-order valence-electron chi connectivity index (χ1n) is 13.3. The maximum absolute atomic E-state index is 14.2. The van der Waals surface area contributed by atoms with E-state index in [1.54, 1.807) is 6.26 Å². The van der Waals surface area contributed by atoms with Crippen molar-refractivity contribution in [3.63, 3.8) is 0 Å². The van der Waals surface area contributed by atoms with Gasteiger partial charge in [-0.05, 0) is 70.4 Å². The van der Waals surface area contributed by atoms with Crippen molar-refractivity contribution in [2.24, 2.45) is 5.41 Å². The number of allylic oxidation sites excluding steroid dienone is 1.